The molecule has 0 radical (unpaired) electrons. The van der Waals surface area contributed by atoms with Gasteiger partial charge in [-0.05, 0) is 24.3 Å². The summed E-state index contributed by atoms with van der Waals surface area (Å²) in [5.41, 5.74) is 0. The zero-order valence-electron chi connectivity index (χ0n) is 11.8. The lowest BCUT2D eigenvalue weighted by Crippen LogP contribution is -2.42. The van der Waals surface area contributed by atoms with Gasteiger partial charge in [-0.1, -0.05) is 25.3 Å². The van der Waals surface area contributed by atoms with Crippen LogP contribution in [-0.2, 0) is 9.53 Å². The number of amides is 1. The molecular formula is C15H21NO3S. The highest BCUT2D eigenvalue weighted by atomic mass is 32.1. The van der Waals surface area contributed by atoms with E-state index in [0.29, 0.717) is 6.54 Å². The fraction of sp³-hybridized carbons (Fsp3) is 0.600. The minimum absolute atomic E-state index is 0.0517. The molecule has 2 rings (SSSR count). The molecule has 0 atom stereocenters. The van der Waals surface area contributed by atoms with Crippen LogP contribution in [0.3, 0.4) is 0 Å². The standard InChI is InChI=1S/C15H21NO3S/c1-19-14(17)9-10-16(12-6-3-2-4-7-12)15(18)13-8-5-11-20-13/h5,8,11-12H,2-4,6-7,9-10H2,1H3. The predicted octanol–water partition coefficient (Wildman–Crippen LogP) is 3.09. The Morgan fingerprint density at radius 1 is 1.35 bits per heavy atom. The molecule has 0 unspecified atom stereocenters. The summed E-state index contributed by atoms with van der Waals surface area (Å²) in [5, 5.41) is 1.91. The summed E-state index contributed by atoms with van der Waals surface area (Å²) >= 11 is 1.46. The van der Waals surface area contributed by atoms with E-state index in [1.807, 2.05) is 22.4 Å². The van der Waals surface area contributed by atoms with Crippen molar-refractivity contribution in [3.63, 3.8) is 0 Å². The Labute approximate surface area is 123 Å². The monoisotopic (exact) mass is 295 g/mol. The number of methoxy groups -OCH3 is 1. The summed E-state index contributed by atoms with van der Waals surface area (Å²) in [7, 11) is 1.38. The van der Waals surface area contributed by atoms with Crippen LogP contribution in [0.5, 0.6) is 0 Å². The van der Waals surface area contributed by atoms with Crippen LogP contribution in [0.1, 0.15) is 48.2 Å². The smallest absolute Gasteiger partial charge is 0.307 e. The number of ether oxygens (including phenoxy) is 1. The molecule has 0 aliphatic heterocycles. The van der Waals surface area contributed by atoms with Crippen molar-refractivity contribution in [1.82, 2.24) is 4.90 Å². The van der Waals surface area contributed by atoms with E-state index in [2.05, 4.69) is 4.74 Å². The first-order valence-corrected chi connectivity index (χ1v) is 8.01. The van der Waals surface area contributed by atoms with Crippen molar-refractivity contribution in [3.8, 4) is 0 Å². The second kappa shape index (κ2) is 7.43. The Morgan fingerprint density at radius 2 is 2.10 bits per heavy atom. The fourth-order valence-electron chi connectivity index (χ4n) is 2.70. The van der Waals surface area contributed by atoms with Crippen LogP contribution in [0.2, 0.25) is 0 Å². The Balaban J connectivity index is 2.06. The number of esters is 1. The maximum Gasteiger partial charge on any atom is 0.307 e. The van der Waals surface area contributed by atoms with Crippen molar-refractivity contribution in [2.75, 3.05) is 13.7 Å². The van der Waals surface area contributed by atoms with Crippen molar-refractivity contribution in [2.24, 2.45) is 0 Å². The number of hydrogen-bond acceptors (Lipinski definition) is 4. The number of thiophene rings is 1. The van der Waals surface area contributed by atoms with Crippen LogP contribution >= 0.6 is 11.3 Å². The topological polar surface area (TPSA) is 46.6 Å². The third-order valence-corrected chi connectivity index (χ3v) is 4.65. The largest absolute Gasteiger partial charge is 0.469 e. The average molecular weight is 295 g/mol. The molecule has 1 heterocycles. The van der Waals surface area contributed by atoms with Gasteiger partial charge < -0.3 is 9.64 Å². The van der Waals surface area contributed by atoms with Gasteiger partial charge in [0.05, 0.1) is 18.4 Å². The highest BCUT2D eigenvalue weighted by Gasteiger charge is 2.27. The molecule has 0 aromatic carbocycles. The minimum atomic E-state index is -0.259. The zero-order valence-corrected chi connectivity index (χ0v) is 12.7. The quantitative estimate of drug-likeness (QED) is 0.784. The molecule has 1 aliphatic rings. The molecular weight excluding hydrogens is 274 g/mol. The van der Waals surface area contributed by atoms with Crippen molar-refractivity contribution in [3.05, 3.63) is 22.4 Å². The second-order valence-corrected chi connectivity index (χ2v) is 6.04. The first-order valence-electron chi connectivity index (χ1n) is 7.13. The summed E-state index contributed by atoms with van der Waals surface area (Å²) in [5.74, 6) is -0.208. The van der Waals surface area contributed by atoms with Crippen LogP contribution in [0.15, 0.2) is 17.5 Å². The summed E-state index contributed by atoms with van der Waals surface area (Å²) in [6.07, 6.45) is 5.92. The Bertz CT molecular complexity index is 438. The van der Waals surface area contributed by atoms with Gasteiger partial charge in [0.1, 0.15) is 0 Å². The van der Waals surface area contributed by atoms with Crippen LogP contribution in [0.4, 0.5) is 0 Å². The van der Waals surface area contributed by atoms with Gasteiger partial charge in [-0.15, -0.1) is 11.3 Å². The first kappa shape index (κ1) is 15.0. The molecule has 20 heavy (non-hydrogen) atoms. The molecule has 5 heteroatoms. The van der Waals surface area contributed by atoms with Gasteiger partial charge in [-0.3, -0.25) is 9.59 Å². The molecule has 4 nitrogen and oxygen atoms in total. The third kappa shape index (κ3) is 3.82. The molecule has 110 valence electrons. The predicted molar refractivity (Wildman–Crippen MR) is 78.9 cm³/mol. The van der Waals surface area contributed by atoms with Crippen molar-refractivity contribution >= 4 is 23.2 Å². The highest BCUT2D eigenvalue weighted by molar-refractivity contribution is 7.12. The molecule has 1 aromatic heterocycles. The molecule has 0 spiro atoms. The molecule has 1 fully saturated rings. The summed E-state index contributed by atoms with van der Waals surface area (Å²) in [4.78, 5) is 26.6. The molecule has 0 N–H and O–H groups in total. The lowest BCUT2D eigenvalue weighted by atomic mass is 9.94. The fourth-order valence-corrected chi connectivity index (χ4v) is 3.38. The van der Waals surface area contributed by atoms with Crippen molar-refractivity contribution in [1.29, 1.82) is 0 Å². The number of nitrogens with zero attached hydrogens (tertiary/aromatic N) is 1. The minimum Gasteiger partial charge on any atom is -0.469 e. The number of carbonyl (C=O) groups is 2. The van der Waals surface area contributed by atoms with Gasteiger partial charge in [0.15, 0.2) is 0 Å². The second-order valence-electron chi connectivity index (χ2n) is 5.09. The van der Waals surface area contributed by atoms with Crippen LogP contribution in [0.25, 0.3) is 0 Å². The number of rotatable bonds is 5. The van der Waals surface area contributed by atoms with Gasteiger partial charge in [0.25, 0.3) is 5.91 Å². The summed E-state index contributed by atoms with van der Waals surface area (Å²) < 4.78 is 4.68. The Kier molecular flexibility index (Phi) is 5.59. The maximum absolute atomic E-state index is 12.6. The summed E-state index contributed by atoms with van der Waals surface area (Å²) in [6, 6.07) is 4.00. The molecule has 0 saturated heterocycles. The lowest BCUT2D eigenvalue weighted by Gasteiger charge is -2.34. The van der Waals surface area contributed by atoms with Gasteiger partial charge in [-0.2, -0.15) is 0 Å². The van der Waals surface area contributed by atoms with E-state index in [0.717, 1.165) is 30.6 Å². The normalized spacial score (nSPS) is 15.8. The number of hydrogen-bond donors (Lipinski definition) is 0. The van der Waals surface area contributed by atoms with Crippen LogP contribution in [-0.4, -0.2) is 36.5 Å². The SMILES string of the molecule is COC(=O)CCN(C(=O)c1cccs1)C1CCCCC1. The first-order chi connectivity index (χ1) is 9.72. The number of carbonyl (C=O) groups excluding carboxylic acids is 2. The van der Waals surface area contributed by atoms with E-state index in [9.17, 15) is 9.59 Å². The Hall–Kier alpha value is -1.36. The van der Waals surface area contributed by atoms with E-state index in [1.54, 1.807) is 0 Å². The lowest BCUT2D eigenvalue weighted by molar-refractivity contribution is -0.140. The van der Waals surface area contributed by atoms with E-state index in [-0.39, 0.29) is 24.3 Å². The van der Waals surface area contributed by atoms with Crippen LogP contribution in [0, 0.1) is 0 Å². The van der Waals surface area contributed by atoms with Gasteiger partial charge in [0.2, 0.25) is 0 Å². The third-order valence-electron chi connectivity index (χ3n) is 3.79. The van der Waals surface area contributed by atoms with Crippen LogP contribution < -0.4 is 0 Å². The van der Waals surface area contributed by atoms with Gasteiger partial charge in [-0.25, -0.2) is 0 Å². The highest BCUT2D eigenvalue weighted by Crippen LogP contribution is 2.25. The van der Waals surface area contributed by atoms with E-state index in [1.165, 1.54) is 24.9 Å². The molecule has 1 aromatic rings. The summed E-state index contributed by atoms with van der Waals surface area (Å²) in [6.45, 7) is 0.452. The van der Waals surface area contributed by atoms with Crippen molar-refractivity contribution < 1.29 is 14.3 Å². The molecule has 1 amide bonds. The Morgan fingerprint density at radius 3 is 2.70 bits per heavy atom. The molecule has 1 saturated carbocycles. The van der Waals surface area contributed by atoms with Crippen molar-refractivity contribution in [2.45, 2.75) is 44.6 Å². The van der Waals surface area contributed by atoms with E-state index < -0.39 is 0 Å². The molecule has 0 bridgehead atoms. The van der Waals surface area contributed by atoms with E-state index in [4.69, 9.17) is 0 Å². The van der Waals surface area contributed by atoms with Gasteiger partial charge >= 0.3 is 5.97 Å². The molecule has 1 aliphatic carbocycles. The van der Waals surface area contributed by atoms with E-state index >= 15 is 0 Å². The average Bonchev–Trinajstić information content (AvgIpc) is 3.02. The maximum atomic E-state index is 12.6. The zero-order chi connectivity index (χ0) is 14.4. The van der Waals surface area contributed by atoms with Gasteiger partial charge in [0, 0.05) is 12.6 Å².